The first kappa shape index (κ1) is 15.4. The van der Waals surface area contributed by atoms with Crippen molar-refractivity contribution in [1.29, 1.82) is 0 Å². The molecule has 5 nitrogen and oxygen atoms in total. The molecule has 0 aromatic carbocycles. The van der Waals surface area contributed by atoms with Crippen LogP contribution in [0.3, 0.4) is 0 Å². The standard InChI is InChI=1S/C15H16ClN3O2S/c1-11(15-4-2-3-7-18-15)19(13-5-6-13)22(20,21)14-8-12(16)9-17-10-14/h2-4,7-11,13H,5-6H2,1H3/t11-/m0/s1. The first-order valence-electron chi connectivity index (χ1n) is 7.05. The molecule has 116 valence electrons. The minimum Gasteiger partial charge on any atom is -0.262 e. The van der Waals surface area contributed by atoms with Crippen LogP contribution in [-0.4, -0.2) is 28.7 Å². The summed E-state index contributed by atoms with van der Waals surface area (Å²) in [4.78, 5) is 8.30. The smallest absolute Gasteiger partial charge is 0.245 e. The highest BCUT2D eigenvalue weighted by atomic mass is 35.5. The Morgan fingerprint density at radius 3 is 2.68 bits per heavy atom. The Labute approximate surface area is 135 Å². The van der Waals surface area contributed by atoms with Crippen LogP contribution < -0.4 is 0 Å². The van der Waals surface area contributed by atoms with Crippen molar-refractivity contribution in [2.45, 2.75) is 36.7 Å². The van der Waals surface area contributed by atoms with Crippen LogP contribution in [0.15, 0.2) is 47.8 Å². The molecule has 2 heterocycles. The summed E-state index contributed by atoms with van der Waals surface area (Å²) in [5.74, 6) is 0. The molecule has 2 aromatic heterocycles. The summed E-state index contributed by atoms with van der Waals surface area (Å²) in [7, 11) is -3.66. The lowest BCUT2D eigenvalue weighted by Crippen LogP contribution is -2.36. The molecule has 1 aliphatic carbocycles. The van der Waals surface area contributed by atoms with Gasteiger partial charge in [-0.15, -0.1) is 0 Å². The number of sulfonamides is 1. The number of rotatable bonds is 5. The van der Waals surface area contributed by atoms with Gasteiger partial charge >= 0.3 is 0 Å². The minimum atomic E-state index is -3.66. The minimum absolute atomic E-state index is 0.0148. The van der Waals surface area contributed by atoms with E-state index in [1.54, 1.807) is 6.20 Å². The third-order valence-corrected chi connectivity index (χ3v) is 5.85. The summed E-state index contributed by atoms with van der Waals surface area (Å²) in [6, 6.07) is 6.62. The monoisotopic (exact) mass is 337 g/mol. The van der Waals surface area contributed by atoms with Gasteiger partial charge in [0.05, 0.1) is 16.8 Å². The second kappa shape index (κ2) is 5.95. The highest BCUT2D eigenvalue weighted by molar-refractivity contribution is 7.89. The zero-order valence-electron chi connectivity index (χ0n) is 12.1. The van der Waals surface area contributed by atoms with Crippen LogP contribution in [0, 0.1) is 0 Å². The summed E-state index contributed by atoms with van der Waals surface area (Å²) in [5.41, 5.74) is 0.730. The maximum Gasteiger partial charge on any atom is 0.245 e. The lowest BCUT2D eigenvalue weighted by Gasteiger charge is -2.28. The molecule has 1 aliphatic rings. The Bertz CT molecular complexity index is 763. The topological polar surface area (TPSA) is 63.2 Å². The van der Waals surface area contributed by atoms with E-state index in [1.807, 2.05) is 25.1 Å². The van der Waals surface area contributed by atoms with Crippen molar-refractivity contribution in [2.75, 3.05) is 0 Å². The molecule has 7 heteroatoms. The molecule has 0 bridgehead atoms. The average Bonchev–Trinajstić information content (AvgIpc) is 3.32. The van der Waals surface area contributed by atoms with Crippen LogP contribution in [0.25, 0.3) is 0 Å². The van der Waals surface area contributed by atoms with Crippen LogP contribution in [0.2, 0.25) is 5.02 Å². The summed E-state index contributed by atoms with van der Waals surface area (Å²) < 4.78 is 27.5. The van der Waals surface area contributed by atoms with E-state index in [9.17, 15) is 8.42 Å². The quantitative estimate of drug-likeness (QED) is 0.841. The van der Waals surface area contributed by atoms with Crippen molar-refractivity contribution < 1.29 is 8.42 Å². The molecule has 0 unspecified atom stereocenters. The third kappa shape index (κ3) is 2.99. The Morgan fingerprint density at radius 1 is 1.32 bits per heavy atom. The third-order valence-electron chi connectivity index (χ3n) is 3.66. The molecule has 3 rings (SSSR count). The fourth-order valence-electron chi connectivity index (χ4n) is 2.46. The van der Waals surface area contributed by atoms with Crippen molar-refractivity contribution >= 4 is 21.6 Å². The van der Waals surface area contributed by atoms with Crippen molar-refractivity contribution in [3.05, 3.63) is 53.6 Å². The van der Waals surface area contributed by atoms with Gasteiger partial charge < -0.3 is 0 Å². The zero-order valence-corrected chi connectivity index (χ0v) is 13.6. The summed E-state index contributed by atoms with van der Waals surface area (Å²) >= 11 is 5.89. The number of hydrogen-bond acceptors (Lipinski definition) is 4. The number of pyridine rings is 2. The Balaban J connectivity index is 2.01. The van der Waals surface area contributed by atoms with Gasteiger partial charge in [0.2, 0.25) is 10.0 Å². The van der Waals surface area contributed by atoms with E-state index < -0.39 is 10.0 Å². The molecule has 0 aliphatic heterocycles. The molecular weight excluding hydrogens is 322 g/mol. The molecule has 1 saturated carbocycles. The van der Waals surface area contributed by atoms with Crippen molar-refractivity contribution in [3.8, 4) is 0 Å². The SMILES string of the molecule is C[C@@H](c1ccccn1)N(C1CC1)S(=O)(=O)c1cncc(Cl)c1. The molecule has 0 amide bonds. The Morgan fingerprint density at radius 2 is 2.09 bits per heavy atom. The predicted octanol–water partition coefficient (Wildman–Crippen LogP) is 3.04. The second-order valence-corrected chi connectivity index (χ2v) is 7.62. The first-order chi connectivity index (χ1) is 10.5. The van der Waals surface area contributed by atoms with Crippen molar-refractivity contribution in [1.82, 2.24) is 14.3 Å². The van der Waals surface area contributed by atoms with Gasteiger partial charge in [0.25, 0.3) is 0 Å². The van der Waals surface area contributed by atoms with Crippen LogP contribution in [0.4, 0.5) is 0 Å². The predicted molar refractivity (Wildman–Crippen MR) is 83.9 cm³/mol. The van der Waals surface area contributed by atoms with Crippen LogP contribution >= 0.6 is 11.6 Å². The van der Waals surface area contributed by atoms with Gasteiger partial charge in [0.15, 0.2) is 0 Å². The lowest BCUT2D eigenvalue weighted by atomic mass is 10.2. The van der Waals surface area contributed by atoms with E-state index in [0.29, 0.717) is 5.02 Å². The van der Waals surface area contributed by atoms with Crippen LogP contribution in [-0.2, 0) is 10.0 Å². The van der Waals surface area contributed by atoms with Gasteiger partial charge in [-0.3, -0.25) is 9.97 Å². The Hall–Kier alpha value is -1.50. The molecular formula is C15H16ClN3O2S. The van der Waals surface area contributed by atoms with Crippen LogP contribution in [0.1, 0.15) is 31.5 Å². The second-order valence-electron chi connectivity index (χ2n) is 5.34. The maximum absolute atomic E-state index is 13.0. The highest BCUT2D eigenvalue weighted by Crippen LogP contribution is 2.38. The molecule has 2 aromatic rings. The number of aromatic nitrogens is 2. The van der Waals surface area contributed by atoms with E-state index in [0.717, 1.165) is 18.5 Å². The van der Waals surface area contributed by atoms with Crippen molar-refractivity contribution in [2.24, 2.45) is 0 Å². The summed E-state index contributed by atoms with van der Waals surface area (Å²) in [6.07, 6.45) is 6.16. The average molecular weight is 338 g/mol. The largest absolute Gasteiger partial charge is 0.262 e. The van der Waals surface area contributed by atoms with Gasteiger partial charge in [0.1, 0.15) is 4.90 Å². The molecule has 1 atom stereocenters. The van der Waals surface area contributed by atoms with Gasteiger partial charge in [-0.05, 0) is 38.0 Å². The van der Waals surface area contributed by atoms with E-state index in [1.165, 1.54) is 22.8 Å². The van der Waals surface area contributed by atoms with Gasteiger partial charge in [-0.1, -0.05) is 17.7 Å². The van der Waals surface area contributed by atoms with Crippen LogP contribution in [0.5, 0.6) is 0 Å². The molecule has 0 radical (unpaired) electrons. The normalized spacial score (nSPS) is 16.7. The van der Waals surface area contributed by atoms with Gasteiger partial charge in [-0.2, -0.15) is 4.31 Å². The van der Waals surface area contributed by atoms with Gasteiger partial charge in [-0.25, -0.2) is 8.42 Å². The lowest BCUT2D eigenvalue weighted by molar-refractivity contribution is 0.329. The van der Waals surface area contributed by atoms with Crippen molar-refractivity contribution in [3.63, 3.8) is 0 Å². The van der Waals surface area contributed by atoms with E-state index in [4.69, 9.17) is 11.6 Å². The molecule has 22 heavy (non-hydrogen) atoms. The summed E-state index contributed by atoms with van der Waals surface area (Å²) in [6.45, 7) is 1.86. The molecule has 0 N–H and O–H groups in total. The Kier molecular flexibility index (Phi) is 4.16. The van der Waals surface area contributed by atoms with E-state index >= 15 is 0 Å². The fraction of sp³-hybridized carbons (Fsp3) is 0.333. The fourth-order valence-corrected chi connectivity index (χ4v) is 4.54. The maximum atomic E-state index is 13.0. The summed E-state index contributed by atoms with van der Waals surface area (Å²) in [5, 5.41) is 0.308. The molecule has 0 saturated heterocycles. The highest BCUT2D eigenvalue weighted by Gasteiger charge is 2.42. The number of hydrogen-bond donors (Lipinski definition) is 0. The first-order valence-corrected chi connectivity index (χ1v) is 8.87. The van der Waals surface area contributed by atoms with Gasteiger partial charge in [0, 0.05) is 24.6 Å². The number of nitrogens with zero attached hydrogens (tertiary/aromatic N) is 3. The number of halogens is 1. The van der Waals surface area contributed by atoms with E-state index in [2.05, 4.69) is 9.97 Å². The zero-order chi connectivity index (χ0) is 15.7. The van der Waals surface area contributed by atoms with E-state index in [-0.39, 0.29) is 17.0 Å². The molecule has 0 spiro atoms. The molecule has 1 fully saturated rings.